The second-order valence-corrected chi connectivity index (χ2v) is 6.12. The second kappa shape index (κ2) is 20.1. The first-order valence-corrected chi connectivity index (χ1v) is 9.94. The first-order chi connectivity index (χ1) is 13.2. The molecule has 0 spiro atoms. The van der Waals surface area contributed by atoms with Crippen LogP contribution in [0.4, 0.5) is 0 Å². The van der Waals surface area contributed by atoms with Gasteiger partial charge in [-0.25, -0.2) is 0 Å². The lowest BCUT2D eigenvalue weighted by atomic mass is 10.2. The minimum absolute atomic E-state index is 0.0275. The smallest absolute Gasteiger partial charge is 0.220 e. The van der Waals surface area contributed by atoms with E-state index >= 15 is 0 Å². The number of allylic oxidation sites excluding steroid dienone is 10. The van der Waals surface area contributed by atoms with Gasteiger partial charge < -0.3 is 11.1 Å². The third kappa shape index (κ3) is 20.0. The largest absolute Gasteiger partial charge is 0.349 e. The summed E-state index contributed by atoms with van der Waals surface area (Å²) in [5, 5.41) is 2.57. The van der Waals surface area contributed by atoms with Crippen molar-refractivity contribution in [3.05, 3.63) is 60.8 Å². The molecular weight excluding hydrogens is 336 g/mol. The summed E-state index contributed by atoms with van der Waals surface area (Å²) in [6, 6.07) is 0. The lowest BCUT2D eigenvalue weighted by molar-refractivity contribution is -0.124. The van der Waals surface area contributed by atoms with Gasteiger partial charge in [0.15, 0.2) is 5.78 Å². The maximum Gasteiger partial charge on any atom is 0.220 e. The average molecular weight is 373 g/mol. The summed E-state index contributed by atoms with van der Waals surface area (Å²) in [6.45, 7) is 2.15. The van der Waals surface area contributed by atoms with E-state index in [4.69, 9.17) is 5.73 Å². The molecule has 27 heavy (non-hydrogen) atoms. The predicted molar refractivity (Wildman–Crippen MR) is 115 cm³/mol. The Morgan fingerprint density at radius 2 is 1.26 bits per heavy atom. The van der Waals surface area contributed by atoms with Crippen molar-refractivity contribution in [3.8, 4) is 0 Å². The number of nitrogens with two attached hydrogens (primary N) is 1. The first-order valence-electron chi connectivity index (χ1n) is 9.94. The summed E-state index contributed by atoms with van der Waals surface area (Å²) in [5.74, 6) is -0.245. The van der Waals surface area contributed by atoms with Gasteiger partial charge in [0.25, 0.3) is 0 Å². The van der Waals surface area contributed by atoms with Crippen LogP contribution in [0.5, 0.6) is 0 Å². The average Bonchev–Trinajstić information content (AvgIpc) is 2.68. The van der Waals surface area contributed by atoms with Crippen molar-refractivity contribution in [3.63, 3.8) is 0 Å². The predicted octanol–water partition coefficient (Wildman–Crippen LogP) is 4.55. The van der Waals surface area contributed by atoms with Crippen LogP contribution in [0.1, 0.15) is 58.3 Å². The van der Waals surface area contributed by atoms with E-state index in [9.17, 15) is 9.59 Å². The lowest BCUT2D eigenvalue weighted by Crippen LogP contribution is -2.32. The van der Waals surface area contributed by atoms with Gasteiger partial charge in [-0.15, -0.1) is 0 Å². The number of hydrogen-bond acceptors (Lipinski definition) is 3. The Bertz CT molecular complexity index is 528. The van der Waals surface area contributed by atoms with Crippen molar-refractivity contribution < 1.29 is 9.59 Å². The Hall–Kier alpha value is -2.20. The Balaban J connectivity index is 3.54. The summed E-state index contributed by atoms with van der Waals surface area (Å²) in [6.07, 6.45) is 28.7. The zero-order valence-corrected chi connectivity index (χ0v) is 16.7. The number of carbonyl (C=O) groups is 2. The number of Topliss-reactive ketones (excluding diaryl/α,β-unsaturated/α-hetero) is 1. The van der Waals surface area contributed by atoms with Crippen LogP contribution in [-0.4, -0.2) is 24.8 Å². The highest BCUT2D eigenvalue weighted by molar-refractivity contribution is 5.87. The SMILES string of the molecule is CC/C=C\C/C=C\C/C=C\C/C=C\C/C=C\CCCC(=O)NCC(=O)CN. The van der Waals surface area contributed by atoms with Crippen molar-refractivity contribution >= 4 is 11.7 Å². The van der Waals surface area contributed by atoms with Crippen molar-refractivity contribution in [1.82, 2.24) is 5.32 Å². The monoisotopic (exact) mass is 372 g/mol. The van der Waals surface area contributed by atoms with Gasteiger partial charge in [-0.05, 0) is 44.9 Å². The van der Waals surface area contributed by atoms with E-state index < -0.39 is 0 Å². The zero-order valence-electron chi connectivity index (χ0n) is 16.7. The van der Waals surface area contributed by atoms with Gasteiger partial charge in [0, 0.05) is 6.42 Å². The molecule has 0 heterocycles. The number of hydrogen-bond donors (Lipinski definition) is 2. The lowest BCUT2D eigenvalue weighted by Gasteiger charge is -2.02. The summed E-state index contributed by atoms with van der Waals surface area (Å²) in [5.41, 5.74) is 5.18. The molecule has 1 amide bonds. The summed E-state index contributed by atoms with van der Waals surface area (Å²) < 4.78 is 0. The van der Waals surface area contributed by atoms with Crippen molar-refractivity contribution in [2.24, 2.45) is 5.73 Å². The molecule has 0 aliphatic rings. The number of amides is 1. The number of nitrogens with one attached hydrogen (secondary N) is 1. The van der Waals surface area contributed by atoms with Gasteiger partial charge in [0.2, 0.25) is 5.91 Å². The Kier molecular flexibility index (Phi) is 18.5. The molecule has 0 fully saturated rings. The van der Waals surface area contributed by atoms with Gasteiger partial charge >= 0.3 is 0 Å². The van der Waals surface area contributed by atoms with Crippen molar-refractivity contribution in [1.29, 1.82) is 0 Å². The molecule has 0 aromatic heterocycles. The normalized spacial score (nSPS) is 12.4. The molecule has 4 heteroatoms. The standard InChI is InChI=1S/C23H36N2O2/c1-2-3-4-5-6-7-8-9-10-11-12-13-14-15-16-17-18-19-23(27)25-21-22(26)20-24/h3-4,6-7,9-10,12-13,15-16H,2,5,8,11,14,17-21,24H2,1H3,(H,25,27)/b4-3-,7-6-,10-9-,13-12-,16-15-. The Morgan fingerprint density at radius 1 is 0.778 bits per heavy atom. The molecular formula is C23H36N2O2. The molecule has 0 saturated carbocycles. The third-order valence-corrected chi connectivity index (χ3v) is 3.64. The molecule has 0 aromatic rings. The van der Waals surface area contributed by atoms with Crippen LogP contribution in [0.2, 0.25) is 0 Å². The summed E-state index contributed by atoms with van der Waals surface area (Å²) in [4.78, 5) is 22.5. The Morgan fingerprint density at radius 3 is 1.74 bits per heavy atom. The van der Waals surface area contributed by atoms with Crippen LogP contribution in [0.25, 0.3) is 0 Å². The highest BCUT2D eigenvalue weighted by Crippen LogP contribution is 1.99. The number of rotatable bonds is 16. The van der Waals surface area contributed by atoms with Crippen LogP contribution < -0.4 is 11.1 Å². The molecule has 0 aromatic carbocycles. The van der Waals surface area contributed by atoms with E-state index in [1.54, 1.807) is 0 Å². The zero-order chi connectivity index (χ0) is 20.0. The van der Waals surface area contributed by atoms with Gasteiger partial charge in [-0.1, -0.05) is 67.7 Å². The van der Waals surface area contributed by atoms with E-state index in [2.05, 4.69) is 73.0 Å². The number of carbonyl (C=O) groups excluding carboxylic acids is 2. The maximum absolute atomic E-state index is 11.5. The number of ketones is 1. The van der Waals surface area contributed by atoms with Crippen molar-refractivity contribution in [2.75, 3.05) is 13.1 Å². The molecule has 0 saturated heterocycles. The Labute approximate surface area is 165 Å². The second-order valence-electron chi connectivity index (χ2n) is 6.12. The maximum atomic E-state index is 11.5. The van der Waals surface area contributed by atoms with Crippen LogP contribution in [0.3, 0.4) is 0 Å². The molecule has 0 atom stereocenters. The molecule has 0 aliphatic carbocycles. The minimum atomic E-state index is -0.152. The van der Waals surface area contributed by atoms with Gasteiger partial charge in [-0.2, -0.15) is 0 Å². The van der Waals surface area contributed by atoms with Crippen LogP contribution in [0, 0.1) is 0 Å². The van der Waals surface area contributed by atoms with Crippen LogP contribution >= 0.6 is 0 Å². The quantitative estimate of drug-likeness (QED) is 0.308. The molecule has 0 radical (unpaired) electrons. The van der Waals surface area contributed by atoms with E-state index in [1.807, 2.05) is 0 Å². The number of unbranched alkanes of at least 4 members (excludes halogenated alkanes) is 1. The van der Waals surface area contributed by atoms with Gasteiger partial charge in [0.05, 0.1) is 13.1 Å². The van der Waals surface area contributed by atoms with Gasteiger partial charge in [-0.3, -0.25) is 9.59 Å². The highest BCUT2D eigenvalue weighted by atomic mass is 16.2. The fraction of sp³-hybridized carbons (Fsp3) is 0.478. The third-order valence-electron chi connectivity index (χ3n) is 3.64. The van der Waals surface area contributed by atoms with E-state index in [1.165, 1.54) is 0 Å². The summed E-state index contributed by atoms with van der Waals surface area (Å²) in [7, 11) is 0. The van der Waals surface area contributed by atoms with E-state index in [-0.39, 0.29) is 24.8 Å². The minimum Gasteiger partial charge on any atom is -0.349 e. The van der Waals surface area contributed by atoms with Gasteiger partial charge in [0.1, 0.15) is 0 Å². The van der Waals surface area contributed by atoms with E-state index in [0.717, 1.165) is 44.9 Å². The molecule has 0 unspecified atom stereocenters. The molecule has 0 bridgehead atoms. The van der Waals surface area contributed by atoms with E-state index in [0.29, 0.717) is 6.42 Å². The molecule has 3 N–H and O–H groups in total. The van der Waals surface area contributed by atoms with Crippen LogP contribution in [0.15, 0.2) is 60.8 Å². The van der Waals surface area contributed by atoms with Crippen molar-refractivity contribution in [2.45, 2.75) is 58.3 Å². The molecule has 4 nitrogen and oxygen atoms in total. The topological polar surface area (TPSA) is 72.2 Å². The molecule has 0 rings (SSSR count). The summed E-state index contributed by atoms with van der Waals surface area (Å²) >= 11 is 0. The fourth-order valence-corrected chi connectivity index (χ4v) is 2.11. The molecule has 0 aliphatic heterocycles. The molecule has 150 valence electrons. The van der Waals surface area contributed by atoms with Crippen LogP contribution in [-0.2, 0) is 9.59 Å². The fourth-order valence-electron chi connectivity index (χ4n) is 2.11. The highest BCUT2D eigenvalue weighted by Gasteiger charge is 2.02. The first kappa shape index (κ1) is 24.8.